The van der Waals surface area contributed by atoms with E-state index < -0.39 is 23.3 Å². The van der Waals surface area contributed by atoms with Crippen molar-refractivity contribution in [1.29, 1.82) is 0 Å². The van der Waals surface area contributed by atoms with Gasteiger partial charge in [-0.25, -0.2) is 0 Å². The molecule has 4 heteroatoms. The number of carbonyl (C=O) groups is 4. The monoisotopic (exact) mass is 240 g/mol. The summed E-state index contributed by atoms with van der Waals surface area (Å²) in [5.74, 6) is -2.75. The highest BCUT2D eigenvalue weighted by atomic mass is 16.2. The minimum Gasteiger partial charge on any atom is -0.294 e. The van der Waals surface area contributed by atoms with E-state index in [1.54, 1.807) is 6.08 Å². The largest absolute Gasteiger partial charge is 0.294 e. The van der Waals surface area contributed by atoms with Gasteiger partial charge in [0.1, 0.15) is 5.92 Å². The Morgan fingerprint density at radius 2 is 1.83 bits per heavy atom. The van der Waals surface area contributed by atoms with Gasteiger partial charge in [-0.3, -0.25) is 19.2 Å². The lowest BCUT2D eigenvalue weighted by Crippen LogP contribution is -2.39. The molecule has 18 heavy (non-hydrogen) atoms. The van der Waals surface area contributed by atoms with Crippen LogP contribution in [0.1, 0.15) is 6.42 Å². The van der Waals surface area contributed by atoms with Crippen LogP contribution in [0.5, 0.6) is 0 Å². The van der Waals surface area contributed by atoms with Crippen LogP contribution >= 0.6 is 0 Å². The molecule has 4 nitrogen and oxygen atoms in total. The summed E-state index contributed by atoms with van der Waals surface area (Å²) < 4.78 is 0. The molecule has 0 aromatic rings. The summed E-state index contributed by atoms with van der Waals surface area (Å²) in [5.41, 5.74) is 0.144. The zero-order valence-electron chi connectivity index (χ0n) is 9.30. The van der Waals surface area contributed by atoms with Gasteiger partial charge in [-0.2, -0.15) is 0 Å². The molecule has 0 N–H and O–H groups in total. The standard InChI is InChI=1S/C14H8O4/c15-9-5-1-3-7-11(9)14(18)8-4-2-6-10(16)12(8)13(7)17/h1-5,11H,6H2. The fraction of sp³-hybridized carbons (Fsp3) is 0.143. The van der Waals surface area contributed by atoms with Crippen LogP contribution in [0, 0.1) is 5.92 Å². The van der Waals surface area contributed by atoms with E-state index in [-0.39, 0.29) is 28.9 Å². The Morgan fingerprint density at radius 3 is 2.61 bits per heavy atom. The SMILES string of the molecule is O=C1CC=CC2=C1C(=O)C1=CC=CC(=O)C1C2=O. The molecule has 1 unspecified atom stereocenters. The van der Waals surface area contributed by atoms with E-state index in [4.69, 9.17) is 0 Å². The predicted octanol–water partition coefficient (Wildman–Crippen LogP) is 0.645. The van der Waals surface area contributed by atoms with Gasteiger partial charge in [-0.15, -0.1) is 0 Å². The molecule has 3 aliphatic carbocycles. The second kappa shape index (κ2) is 3.57. The number of fused-ring (bicyclic) bond motifs is 1. The van der Waals surface area contributed by atoms with Crippen LogP contribution in [0.3, 0.4) is 0 Å². The number of hydrogen-bond acceptors (Lipinski definition) is 4. The van der Waals surface area contributed by atoms with Crippen LogP contribution in [-0.4, -0.2) is 23.1 Å². The van der Waals surface area contributed by atoms with Gasteiger partial charge in [0.25, 0.3) is 0 Å². The number of Topliss-reactive ketones (excluding diaryl/α,β-unsaturated/α-hetero) is 3. The van der Waals surface area contributed by atoms with Crippen molar-refractivity contribution in [3.8, 4) is 0 Å². The molecule has 88 valence electrons. The van der Waals surface area contributed by atoms with Gasteiger partial charge >= 0.3 is 0 Å². The van der Waals surface area contributed by atoms with Crippen molar-refractivity contribution in [2.24, 2.45) is 5.92 Å². The van der Waals surface area contributed by atoms with E-state index in [2.05, 4.69) is 0 Å². The Kier molecular flexibility index (Phi) is 2.13. The highest BCUT2D eigenvalue weighted by molar-refractivity contribution is 6.39. The second-order valence-corrected chi connectivity index (χ2v) is 4.33. The average Bonchev–Trinajstić information content (AvgIpc) is 2.35. The number of rotatable bonds is 0. The maximum absolute atomic E-state index is 12.2. The van der Waals surface area contributed by atoms with Crippen LogP contribution in [-0.2, 0) is 19.2 Å². The fourth-order valence-corrected chi connectivity index (χ4v) is 2.44. The number of hydrogen-bond donors (Lipinski definition) is 0. The molecule has 0 amide bonds. The minimum atomic E-state index is -1.06. The van der Waals surface area contributed by atoms with Crippen molar-refractivity contribution in [2.45, 2.75) is 6.42 Å². The maximum Gasteiger partial charge on any atom is 0.194 e. The third kappa shape index (κ3) is 1.26. The van der Waals surface area contributed by atoms with E-state index in [1.165, 1.54) is 24.3 Å². The summed E-state index contributed by atoms with van der Waals surface area (Å²) >= 11 is 0. The molecular formula is C14H8O4. The molecule has 0 saturated carbocycles. The van der Waals surface area contributed by atoms with Gasteiger partial charge in [-0.1, -0.05) is 24.3 Å². The van der Waals surface area contributed by atoms with Crippen molar-refractivity contribution in [3.05, 3.63) is 47.1 Å². The highest BCUT2D eigenvalue weighted by Crippen LogP contribution is 2.34. The lowest BCUT2D eigenvalue weighted by molar-refractivity contribution is -0.131. The van der Waals surface area contributed by atoms with Gasteiger partial charge in [0.05, 0.1) is 5.57 Å². The molecule has 3 rings (SSSR count). The van der Waals surface area contributed by atoms with Gasteiger partial charge in [-0.05, 0) is 6.08 Å². The average molecular weight is 240 g/mol. The summed E-state index contributed by atoms with van der Waals surface area (Å²) in [6, 6.07) is 0. The fourth-order valence-electron chi connectivity index (χ4n) is 2.44. The minimum absolute atomic E-state index is 0.0619. The predicted molar refractivity (Wildman–Crippen MR) is 61.5 cm³/mol. The first-order valence-electron chi connectivity index (χ1n) is 5.56. The van der Waals surface area contributed by atoms with E-state index in [0.717, 1.165) is 0 Å². The van der Waals surface area contributed by atoms with E-state index in [0.29, 0.717) is 0 Å². The van der Waals surface area contributed by atoms with E-state index in [9.17, 15) is 19.2 Å². The molecule has 1 atom stereocenters. The lowest BCUT2D eigenvalue weighted by Gasteiger charge is -2.26. The Hall–Kier alpha value is -2.36. The first-order valence-corrected chi connectivity index (χ1v) is 5.56. The van der Waals surface area contributed by atoms with Crippen LogP contribution < -0.4 is 0 Å². The molecule has 0 fully saturated rings. The first-order chi connectivity index (χ1) is 8.61. The highest BCUT2D eigenvalue weighted by Gasteiger charge is 2.44. The number of carbonyl (C=O) groups excluding carboxylic acids is 4. The summed E-state index contributed by atoms with van der Waals surface area (Å²) in [6.45, 7) is 0. The maximum atomic E-state index is 12.2. The van der Waals surface area contributed by atoms with Crippen molar-refractivity contribution < 1.29 is 19.2 Å². The quantitative estimate of drug-likeness (QED) is 0.460. The summed E-state index contributed by atoms with van der Waals surface area (Å²) in [4.78, 5) is 47.8. The van der Waals surface area contributed by atoms with Crippen LogP contribution in [0.2, 0.25) is 0 Å². The summed E-state index contributed by atoms with van der Waals surface area (Å²) in [5, 5.41) is 0. The molecule has 0 saturated heterocycles. The Bertz CT molecular complexity index is 641. The molecule has 0 aromatic heterocycles. The molecule has 0 spiro atoms. The van der Waals surface area contributed by atoms with Crippen molar-refractivity contribution >= 4 is 23.1 Å². The smallest absolute Gasteiger partial charge is 0.194 e. The van der Waals surface area contributed by atoms with Gasteiger partial charge in [0.2, 0.25) is 0 Å². The van der Waals surface area contributed by atoms with Gasteiger partial charge < -0.3 is 0 Å². The second-order valence-electron chi connectivity index (χ2n) is 4.33. The van der Waals surface area contributed by atoms with Crippen molar-refractivity contribution in [3.63, 3.8) is 0 Å². The Morgan fingerprint density at radius 1 is 1.06 bits per heavy atom. The molecule has 0 heterocycles. The Labute approximate surface area is 102 Å². The summed E-state index contributed by atoms with van der Waals surface area (Å²) in [6.07, 6.45) is 7.30. The third-order valence-corrected chi connectivity index (χ3v) is 3.28. The van der Waals surface area contributed by atoms with Gasteiger partial charge in [0.15, 0.2) is 23.1 Å². The van der Waals surface area contributed by atoms with Crippen LogP contribution in [0.4, 0.5) is 0 Å². The first kappa shape index (κ1) is 10.8. The molecule has 0 aromatic carbocycles. The van der Waals surface area contributed by atoms with E-state index in [1.807, 2.05) is 0 Å². The Balaban J connectivity index is 2.25. The number of allylic oxidation sites excluding steroid dienone is 8. The molecular weight excluding hydrogens is 232 g/mol. The molecule has 0 bridgehead atoms. The zero-order chi connectivity index (χ0) is 12.9. The van der Waals surface area contributed by atoms with E-state index >= 15 is 0 Å². The molecule has 0 aliphatic heterocycles. The lowest BCUT2D eigenvalue weighted by atomic mass is 9.72. The summed E-state index contributed by atoms with van der Waals surface area (Å²) in [7, 11) is 0. The van der Waals surface area contributed by atoms with Crippen molar-refractivity contribution in [1.82, 2.24) is 0 Å². The normalized spacial score (nSPS) is 26.2. The van der Waals surface area contributed by atoms with Gasteiger partial charge in [0, 0.05) is 17.6 Å². The third-order valence-electron chi connectivity index (χ3n) is 3.28. The van der Waals surface area contributed by atoms with Crippen LogP contribution in [0.15, 0.2) is 47.1 Å². The zero-order valence-corrected chi connectivity index (χ0v) is 9.30. The van der Waals surface area contributed by atoms with Crippen LogP contribution in [0.25, 0.3) is 0 Å². The number of ketones is 4. The van der Waals surface area contributed by atoms with Crippen molar-refractivity contribution in [2.75, 3.05) is 0 Å². The topological polar surface area (TPSA) is 68.3 Å². The molecule has 3 aliphatic rings. The molecule has 0 radical (unpaired) electrons.